The summed E-state index contributed by atoms with van der Waals surface area (Å²) in [6, 6.07) is 10.6. The van der Waals surface area contributed by atoms with Crippen molar-refractivity contribution in [3.63, 3.8) is 0 Å². The molecule has 4 heteroatoms. The smallest absolute Gasteiger partial charge is 0.118 e. The SMILES string of the molecule is COc1ccc([C@@H](C)NCCc2ccnn2C)cc1. The third kappa shape index (κ3) is 3.58. The van der Waals surface area contributed by atoms with Crippen LogP contribution in [0.5, 0.6) is 5.75 Å². The number of hydrogen-bond acceptors (Lipinski definition) is 3. The van der Waals surface area contributed by atoms with Gasteiger partial charge in [-0.15, -0.1) is 0 Å². The number of aromatic nitrogens is 2. The van der Waals surface area contributed by atoms with Crippen molar-refractivity contribution >= 4 is 0 Å². The van der Waals surface area contributed by atoms with E-state index in [9.17, 15) is 0 Å². The molecule has 0 aliphatic rings. The molecule has 2 rings (SSSR count). The van der Waals surface area contributed by atoms with Crippen LogP contribution in [-0.4, -0.2) is 23.4 Å². The second-order valence-electron chi connectivity index (χ2n) is 4.65. The Morgan fingerprint density at radius 1 is 1.26 bits per heavy atom. The van der Waals surface area contributed by atoms with Gasteiger partial charge in [-0.05, 0) is 30.7 Å². The van der Waals surface area contributed by atoms with Gasteiger partial charge in [-0.1, -0.05) is 12.1 Å². The lowest BCUT2D eigenvalue weighted by molar-refractivity contribution is 0.414. The van der Waals surface area contributed by atoms with Gasteiger partial charge in [0.1, 0.15) is 5.75 Å². The molecule has 1 heterocycles. The van der Waals surface area contributed by atoms with Gasteiger partial charge in [-0.2, -0.15) is 5.10 Å². The largest absolute Gasteiger partial charge is 0.497 e. The summed E-state index contributed by atoms with van der Waals surface area (Å²) >= 11 is 0. The van der Waals surface area contributed by atoms with Crippen molar-refractivity contribution in [3.8, 4) is 5.75 Å². The molecule has 2 aromatic rings. The van der Waals surface area contributed by atoms with Crippen molar-refractivity contribution in [1.29, 1.82) is 0 Å². The number of rotatable bonds is 6. The lowest BCUT2D eigenvalue weighted by atomic mass is 10.1. The van der Waals surface area contributed by atoms with Gasteiger partial charge in [-0.25, -0.2) is 0 Å². The van der Waals surface area contributed by atoms with Crippen molar-refractivity contribution in [1.82, 2.24) is 15.1 Å². The van der Waals surface area contributed by atoms with Crippen LogP contribution < -0.4 is 10.1 Å². The van der Waals surface area contributed by atoms with Crippen LogP contribution in [0.1, 0.15) is 24.2 Å². The second kappa shape index (κ2) is 6.38. The lowest BCUT2D eigenvalue weighted by Crippen LogP contribution is -2.22. The second-order valence-corrected chi connectivity index (χ2v) is 4.65. The molecule has 4 nitrogen and oxygen atoms in total. The van der Waals surface area contributed by atoms with Crippen LogP contribution in [-0.2, 0) is 13.5 Å². The zero-order chi connectivity index (χ0) is 13.7. The first kappa shape index (κ1) is 13.6. The van der Waals surface area contributed by atoms with Crippen LogP contribution in [0.15, 0.2) is 36.5 Å². The number of methoxy groups -OCH3 is 1. The summed E-state index contributed by atoms with van der Waals surface area (Å²) in [6.07, 6.45) is 2.82. The predicted molar refractivity (Wildman–Crippen MR) is 76.3 cm³/mol. The van der Waals surface area contributed by atoms with E-state index in [1.807, 2.05) is 30.1 Å². The Labute approximate surface area is 114 Å². The first-order valence-corrected chi connectivity index (χ1v) is 6.55. The minimum absolute atomic E-state index is 0.333. The Morgan fingerprint density at radius 2 is 2.00 bits per heavy atom. The summed E-state index contributed by atoms with van der Waals surface area (Å²) in [5, 5.41) is 7.69. The molecule has 0 radical (unpaired) electrons. The van der Waals surface area contributed by atoms with Gasteiger partial charge >= 0.3 is 0 Å². The summed E-state index contributed by atoms with van der Waals surface area (Å²) in [5.74, 6) is 0.894. The number of nitrogens with zero attached hydrogens (tertiary/aromatic N) is 2. The number of ether oxygens (including phenoxy) is 1. The molecule has 0 spiro atoms. The molecule has 102 valence electrons. The number of nitrogens with one attached hydrogen (secondary N) is 1. The Kier molecular flexibility index (Phi) is 4.58. The molecule has 1 aromatic carbocycles. The molecule has 1 atom stereocenters. The number of benzene rings is 1. The van der Waals surface area contributed by atoms with E-state index < -0.39 is 0 Å². The fourth-order valence-corrected chi connectivity index (χ4v) is 2.07. The standard InChI is InChI=1S/C15H21N3O/c1-12(13-4-6-15(19-3)7-5-13)16-10-8-14-9-11-17-18(14)2/h4-7,9,11-12,16H,8,10H2,1-3H3/t12-/m1/s1. The highest BCUT2D eigenvalue weighted by Gasteiger charge is 2.05. The Hall–Kier alpha value is -1.81. The monoisotopic (exact) mass is 259 g/mol. The van der Waals surface area contributed by atoms with E-state index in [0.29, 0.717) is 6.04 Å². The molecule has 0 fully saturated rings. The maximum atomic E-state index is 5.16. The average molecular weight is 259 g/mol. The zero-order valence-electron chi connectivity index (χ0n) is 11.8. The third-order valence-corrected chi connectivity index (χ3v) is 3.37. The Morgan fingerprint density at radius 3 is 2.58 bits per heavy atom. The normalized spacial score (nSPS) is 12.4. The molecule has 0 bridgehead atoms. The van der Waals surface area contributed by atoms with Crippen molar-refractivity contribution in [2.45, 2.75) is 19.4 Å². The van der Waals surface area contributed by atoms with Crippen molar-refractivity contribution in [2.24, 2.45) is 7.05 Å². The molecular weight excluding hydrogens is 238 g/mol. The molecule has 0 aliphatic carbocycles. The topological polar surface area (TPSA) is 39.1 Å². The summed E-state index contributed by atoms with van der Waals surface area (Å²) in [7, 11) is 3.66. The molecule has 1 aromatic heterocycles. The highest BCUT2D eigenvalue weighted by Crippen LogP contribution is 2.17. The highest BCUT2D eigenvalue weighted by molar-refractivity contribution is 5.28. The van der Waals surface area contributed by atoms with E-state index >= 15 is 0 Å². The van der Waals surface area contributed by atoms with Crippen LogP contribution in [0, 0.1) is 0 Å². The molecule has 0 unspecified atom stereocenters. The Bertz CT molecular complexity index is 504. The molecule has 19 heavy (non-hydrogen) atoms. The maximum absolute atomic E-state index is 5.16. The van der Waals surface area contributed by atoms with E-state index in [0.717, 1.165) is 18.7 Å². The maximum Gasteiger partial charge on any atom is 0.118 e. The fraction of sp³-hybridized carbons (Fsp3) is 0.400. The number of hydrogen-bond donors (Lipinski definition) is 1. The van der Waals surface area contributed by atoms with Crippen molar-refractivity contribution in [2.75, 3.05) is 13.7 Å². The first-order valence-electron chi connectivity index (χ1n) is 6.55. The van der Waals surface area contributed by atoms with E-state index in [2.05, 4.69) is 35.5 Å². The van der Waals surface area contributed by atoms with Crippen molar-refractivity contribution < 1.29 is 4.74 Å². The van der Waals surface area contributed by atoms with Crippen LogP contribution in [0.25, 0.3) is 0 Å². The molecule has 1 N–H and O–H groups in total. The molecule has 0 saturated carbocycles. The summed E-state index contributed by atoms with van der Waals surface area (Å²) < 4.78 is 7.08. The third-order valence-electron chi connectivity index (χ3n) is 3.37. The van der Waals surface area contributed by atoms with Crippen LogP contribution in [0.3, 0.4) is 0 Å². The summed E-state index contributed by atoms with van der Waals surface area (Å²) in [6.45, 7) is 3.11. The van der Waals surface area contributed by atoms with Gasteiger partial charge in [0.05, 0.1) is 7.11 Å². The Balaban J connectivity index is 1.83. The predicted octanol–water partition coefficient (Wildman–Crippen LogP) is 2.32. The zero-order valence-corrected chi connectivity index (χ0v) is 11.8. The van der Waals surface area contributed by atoms with Gasteiger partial charge in [0.2, 0.25) is 0 Å². The molecular formula is C15H21N3O. The van der Waals surface area contributed by atoms with E-state index in [4.69, 9.17) is 4.74 Å². The van der Waals surface area contributed by atoms with E-state index in [1.165, 1.54) is 11.3 Å². The molecule has 0 saturated heterocycles. The molecule has 0 aliphatic heterocycles. The van der Waals surface area contributed by atoms with E-state index in [-0.39, 0.29) is 0 Å². The van der Waals surface area contributed by atoms with E-state index in [1.54, 1.807) is 7.11 Å². The quantitative estimate of drug-likeness (QED) is 0.865. The molecule has 0 amide bonds. The van der Waals surface area contributed by atoms with Gasteiger partial charge in [0.25, 0.3) is 0 Å². The average Bonchev–Trinajstić information content (AvgIpc) is 2.84. The van der Waals surface area contributed by atoms with Gasteiger partial charge in [-0.3, -0.25) is 4.68 Å². The van der Waals surface area contributed by atoms with Gasteiger partial charge in [0, 0.05) is 37.9 Å². The summed E-state index contributed by atoms with van der Waals surface area (Å²) in [5.41, 5.74) is 2.51. The van der Waals surface area contributed by atoms with Crippen LogP contribution >= 0.6 is 0 Å². The minimum Gasteiger partial charge on any atom is -0.497 e. The first-order chi connectivity index (χ1) is 9.20. The van der Waals surface area contributed by atoms with Crippen molar-refractivity contribution in [3.05, 3.63) is 47.8 Å². The van der Waals surface area contributed by atoms with Crippen LogP contribution in [0.2, 0.25) is 0 Å². The van der Waals surface area contributed by atoms with Gasteiger partial charge in [0.15, 0.2) is 0 Å². The van der Waals surface area contributed by atoms with Crippen LogP contribution in [0.4, 0.5) is 0 Å². The fourth-order valence-electron chi connectivity index (χ4n) is 2.07. The lowest BCUT2D eigenvalue weighted by Gasteiger charge is -2.14. The minimum atomic E-state index is 0.333. The summed E-state index contributed by atoms with van der Waals surface area (Å²) in [4.78, 5) is 0. The highest BCUT2D eigenvalue weighted by atomic mass is 16.5. The number of aryl methyl sites for hydroxylation is 1. The van der Waals surface area contributed by atoms with Gasteiger partial charge < -0.3 is 10.1 Å².